The molecular formula is C20H17F3N4O3. The molecule has 0 aliphatic rings. The number of aromatic nitrogens is 4. The summed E-state index contributed by atoms with van der Waals surface area (Å²) in [6, 6.07) is 8.24. The lowest BCUT2D eigenvalue weighted by molar-refractivity contribution is -0.151. The van der Waals surface area contributed by atoms with Crippen LogP contribution in [0.25, 0.3) is 22.2 Å². The Kier molecular flexibility index (Phi) is 4.92. The van der Waals surface area contributed by atoms with Crippen LogP contribution in [0.3, 0.4) is 0 Å². The van der Waals surface area contributed by atoms with Gasteiger partial charge in [0.05, 0.1) is 12.2 Å². The fourth-order valence-electron chi connectivity index (χ4n) is 3.36. The van der Waals surface area contributed by atoms with Crippen molar-refractivity contribution in [2.45, 2.75) is 38.9 Å². The van der Waals surface area contributed by atoms with Crippen LogP contribution in [0, 0.1) is 6.92 Å². The second-order valence-electron chi connectivity index (χ2n) is 6.98. The Morgan fingerprint density at radius 2 is 2.00 bits per heavy atom. The average molecular weight is 418 g/mol. The minimum absolute atomic E-state index is 0.117. The normalized spacial score (nSPS) is 13.1. The second kappa shape index (κ2) is 7.43. The topological polar surface area (TPSA) is 87.0 Å². The molecule has 0 fully saturated rings. The Hall–Kier alpha value is -3.43. The van der Waals surface area contributed by atoms with E-state index in [0.717, 1.165) is 0 Å². The number of aryl methyl sites for hydroxylation is 1. The molecule has 10 heteroatoms. The molecule has 4 aromatic rings. The molecule has 0 N–H and O–H groups in total. The van der Waals surface area contributed by atoms with Crippen LogP contribution in [-0.2, 0) is 6.54 Å². The van der Waals surface area contributed by atoms with E-state index >= 15 is 0 Å². The van der Waals surface area contributed by atoms with E-state index in [2.05, 4.69) is 15.5 Å². The SMILES string of the molecule is CCC(c1cn(Cc2ccc3c(-c4cc(C)on4)cc(=O)oc3c2)nn1)C(F)(F)F. The molecule has 0 aliphatic heterocycles. The average Bonchev–Trinajstić information content (AvgIpc) is 3.29. The first kappa shape index (κ1) is 19.9. The molecule has 3 aromatic heterocycles. The summed E-state index contributed by atoms with van der Waals surface area (Å²) in [5.41, 5.74) is 1.43. The van der Waals surface area contributed by atoms with Crippen LogP contribution >= 0.6 is 0 Å². The van der Waals surface area contributed by atoms with Crippen LogP contribution in [0.1, 0.15) is 36.3 Å². The maximum Gasteiger partial charge on any atom is 0.397 e. The van der Waals surface area contributed by atoms with Gasteiger partial charge >= 0.3 is 11.8 Å². The molecule has 0 spiro atoms. The molecule has 0 radical (unpaired) electrons. The van der Waals surface area contributed by atoms with Crippen molar-refractivity contribution < 1.29 is 22.1 Å². The highest BCUT2D eigenvalue weighted by Gasteiger charge is 2.41. The molecule has 0 amide bonds. The van der Waals surface area contributed by atoms with Gasteiger partial charge in [0.1, 0.15) is 23.0 Å². The Labute approximate surface area is 168 Å². The molecule has 0 saturated carbocycles. The van der Waals surface area contributed by atoms with Crippen molar-refractivity contribution in [3.63, 3.8) is 0 Å². The number of nitrogens with zero attached hydrogens (tertiary/aromatic N) is 4. The van der Waals surface area contributed by atoms with Crippen molar-refractivity contribution in [2.24, 2.45) is 0 Å². The minimum atomic E-state index is -4.38. The lowest BCUT2D eigenvalue weighted by Gasteiger charge is -2.15. The first-order valence-corrected chi connectivity index (χ1v) is 9.22. The fraction of sp³-hybridized carbons (Fsp3) is 0.300. The zero-order chi connectivity index (χ0) is 21.5. The van der Waals surface area contributed by atoms with E-state index in [4.69, 9.17) is 8.94 Å². The van der Waals surface area contributed by atoms with Crippen molar-refractivity contribution >= 4 is 11.0 Å². The third-order valence-electron chi connectivity index (χ3n) is 4.77. The van der Waals surface area contributed by atoms with Gasteiger partial charge in [0.2, 0.25) is 0 Å². The zero-order valence-corrected chi connectivity index (χ0v) is 16.1. The van der Waals surface area contributed by atoms with Gasteiger partial charge in [0, 0.05) is 29.3 Å². The summed E-state index contributed by atoms with van der Waals surface area (Å²) in [7, 11) is 0. The van der Waals surface area contributed by atoms with Gasteiger partial charge in [0.25, 0.3) is 0 Å². The van der Waals surface area contributed by atoms with Crippen LogP contribution in [0.15, 0.2) is 50.3 Å². The van der Waals surface area contributed by atoms with Crippen molar-refractivity contribution in [1.82, 2.24) is 20.2 Å². The first-order chi connectivity index (χ1) is 14.2. The van der Waals surface area contributed by atoms with Gasteiger partial charge in [-0.2, -0.15) is 13.2 Å². The Bertz CT molecular complexity index is 1260. The van der Waals surface area contributed by atoms with E-state index in [-0.39, 0.29) is 18.7 Å². The summed E-state index contributed by atoms with van der Waals surface area (Å²) < 4.78 is 51.0. The number of hydrogen-bond acceptors (Lipinski definition) is 6. The third kappa shape index (κ3) is 3.85. The molecule has 7 nitrogen and oxygen atoms in total. The van der Waals surface area contributed by atoms with E-state index in [1.807, 2.05) is 0 Å². The van der Waals surface area contributed by atoms with Gasteiger partial charge in [-0.15, -0.1) is 5.10 Å². The largest absolute Gasteiger partial charge is 0.423 e. The van der Waals surface area contributed by atoms with Gasteiger partial charge in [-0.1, -0.05) is 29.4 Å². The van der Waals surface area contributed by atoms with Crippen LogP contribution in [0.5, 0.6) is 0 Å². The van der Waals surface area contributed by atoms with Gasteiger partial charge in [-0.3, -0.25) is 0 Å². The lowest BCUT2D eigenvalue weighted by Crippen LogP contribution is -2.20. The quantitative estimate of drug-likeness (QED) is 0.445. The van der Waals surface area contributed by atoms with Gasteiger partial charge in [-0.25, -0.2) is 9.48 Å². The van der Waals surface area contributed by atoms with E-state index in [1.54, 1.807) is 31.2 Å². The summed E-state index contributed by atoms with van der Waals surface area (Å²) in [6.45, 7) is 3.38. The highest BCUT2D eigenvalue weighted by atomic mass is 19.4. The summed E-state index contributed by atoms with van der Waals surface area (Å²) in [6.07, 6.45) is -3.21. The van der Waals surface area contributed by atoms with Crippen molar-refractivity contribution in [3.8, 4) is 11.3 Å². The molecule has 1 atom stereocenters. The van der Waals surface area contributed by atoms with Crippen LogP contribution in [0.4, 0.5) is 13.2 Å². The number of benzene rings is 1. The van der Waals surface area contributed by atoms with Crippen LogP contribution in [0.2, 0.25) is 0 Å². The predicted octanol–water partition coefficient (Wildman–Crippen LogP) is 4.45. The molecule has 4 rings (SSSR count). The second-order valence-corrected chi connectivity index (χ2v) is 6.98. The molecule has 1 unspecified atom stereocenters. The smallest absolute Gasteiger partial charge is 0.397 e. The van der Waals surface area contributed by atoms with Crippen molar-refractivity contribution in [2.75, 3.05) is 0 Å². The lowest BCUT2D eigenvalue weighted by atomic mass is 10.0. The Morgan fingerprint density at radius 3 is 2.67 bits per heavy atom. The van der Waals surface area contributed by atoms with E-state index in [0.29, 0.717) is 33.6 Å². The van der Waals surface area contributed by atoms with E-state index in [1.165, 1.54) is 23.9 Å². The standard InChI is InChI=1S/C20H17F3N4O3/c1-3-15(20(21,22)23)17-10-27(26-24-17)9-12-4-5-13-14(16-6-11(2)30-25-16)8-19(28)29-18(13)7-12/h4-8,10,15H,3,9H2,1-2H3. The molecule has 156 valence electrons. The number of alkyl halides is 3. The maximum absolute atomic E-state index is 13.1. The zero-order valence-electron chi connectivity index (χ0n) is 16.1. The van der Waals surface area contributed by atoms with Crippen LogP contribution in [-0.4, -0.2) is 26.3 Å². The number of halogens is 3. The number of rotatable bonds is 5. The Morgan fingerprint density at radius 1 is 1.20 bits per heavy atom. The monoisotopic (exact) mass is 418 g/mol. The number of hydrogen-bond donors (Lipinski definition) is 0. The molecule has 0 aliphatic carbocycles. The molecule has 30 heavy (non-hydrogen) atoms. The first-order valence-electron chi connectivity index (χ1n) is 9.22. The van der Waals surface area contributed by atoms with Crippen LogP contribution < -0.4 is 5.63 Å². The summed E-state index contributed by atoms with van der Waals surface area (Å²) in [5.74, 6) is -1.05. The molecule has 0 bridgehead atoms. The minimum Gasteiger partial charge on any atom is -0.423 e. The van der Waals surface area contributed by atoms with Crippen molar-refractivity contribution in [1.29, 1.82) is 0 Å². The predicted molar refractivity (Wildman–Crippen MR) is 101 cm³/mol. The summed E-state index contributed by atoms with van der Waals surface area (Å²) in [5, 5.41) is 12.1. The van der Waals surface area contributed by atoms with E-state index in [9.17, 15) is 18.0 Å². The maximum atomic E-state index is 13.1. The molecular weight excluding hydrogens is 401 g/mol. The highest BCUT2D eigenvalue weighted by molar-refractivity contribution is 5.92. The van der Waals surface area contributed by atoms with Crippen molar-refractivity contribution in [3.05, 3.63) is 64.0 Å². The summed E-state index contributed by atoms with van der Waals surface area (Å²) >= 11 is 0. The van der Waals surface area contributed by atoms with Gasteiger partial charge in [0.15, 0.2) is 0 Å². The van der Waals surface area contributed by atoms with Gasteiger partial charge < -0.3 is 8.94 Å². The summed E-state index contributed by atoms with van der Waals surface area (Å²) in [4.78, 5) is 12.0. The fourth-order valence-corrected chi connectivity index (χ4v) is 3.36. The molecule has 1 aromatic carbocycles. The highest BCUT2D eigenvalue weighted by Crippen LogP contribution is 2.36. The number of fused-ring (bicyclic) bond motifs is 1. The molecule has 0 saturated heterocycles. The van der Waals surface area contributed by atoms with E-state index < -0.39 is 17.7 Å². The molecule has 3 heterocycles. The van der Waals surface area contributed by atoms with Gasteiger partial charge in [-0.05, 0) is 25.0 Å². The Balaban J connectivity index is 1.66. The third-order valence-corrected chi connectivity index (χ3v) is 4.77.